The summed E-state index contributed by atoms with van der Waals surface area (Å²) in [5.41, 5.74) is 2.99. The van der Waals surface area contributed by atoms with Crippen molar-refractivity contribution in [1.82, 2.24) is 14.5 Å². The molecule has 0 saturated heterocycles. The quantitative estimate of drug-likeness (QED) is 0.350. The first kappa shape index (κ1) is 21.1. The molecule has 31 heavy (non-hydrogen) atoms. The molecule has 0 fully saturated rings. The number of hydrogen-bond donors (Lipinski definition) is 1. The molecule has 0 aliphatic rings. The topological polar surface area (TPSA) is 76.9 Å². The number of nitrogens with zero attached hydrogens (tertiary/aromatic N) is 3. The zero-order valence-electron chi connectivity index (χ0n) is 17.8. The maximum atomic E-state index is 13.2. The van der Waals surface area contributed by atoms with Crippen LogP contribution in [0.3, 0.4) is 0 Å². The van der Waals surface area contributed by atoms with Crippen LogP contribution in [0.4, 0.5) is 5.69 Å². The lowest BCUT2D eigenvalue weighted by molar-refractivity contribution is -0.115. The molecule has 158 valence electrons. The largest absolute Gasteiger partial charge is 0.324 e. The van der Waals surface area contributed by atoms with Crippen molar-refractivity contribution in [2.75, 3.05) is 5.32 Å². The highest BCUT2D eigenvalue weighted by Gasteiger charge is 2.22. The van der Waals surface area contributed by atoms with Crippen molar-refractivity contribution >= 4 is 45.2 Å². The van der Waals surface area contributed by atoms with Gasteiger partial charge >= 0.3 is 0 Å². The lowest BCUT2D eigenvalue weighted by Gasteiger charge is -2.18. The highest BCUT2D eigenvalue weighted by molar-refractivity contribution is 8.00. The van der Waals surface area contributed by atoms with Gasteiger partial charge in [-0.05, 0) is 44.5 Å². The molecule has 0 radical (unpaired) electrons. The molecule has 1 unspecified atom stereocenters. The standard InChI is InChI=1S/C24H24N4O2S/c1-4-21(22(29)26-20-14-15(3)25-18-12-8-6-10-16(18)20)31-24-27-19-13-9-7-11-17(19)23(30)28(24)5-2/h6-14,21H,4-5H2,1-3H3,(H,25,26,29). The number of fused-ring (bicyclic) bond motifs is 2. The number of amides is 1. The molecule has 0 aliphatic heterocycles. The Labute approximate surface area is 184 Å². The molecule has 0 bridgehead atoms. The number of pyridine rings is 1. The zero-order chi connectivity index (χ0) is 22.0. The van der Waals surface area contributed by atoms with Crippen LogP contribution in [-0.2, 0) is 11.3 Å². The molecular formula is C24H24N4O2S. The van der Waals surface area contributed by atoms with Gasteiger partial charge in [-0.1, -0.05) is 49.0 Å². The van der Waals surface area contributed by atoms with E-state index in [1.807, 2.05) is 69.3 Å². The van der Waals surface area contributed by atoms with E-state index in [4.69, 9.17) is 0 Å². The number of aryl methyl sites for hydroxylation is 1. The second-order valence-corrected chi connectivity index (χ2v) is 8.46. The number of para-hydroxylation sites is 2. The Morgan fingerprint density at radius 3 is 2.35 bits per heavy atom. The number of carbonyl (C=O) groups excluding carboxylic acids is 1. The van der Waals surface area contributed by atoms with Crippen molar-refractivity contribution in [3.63, 3.8) is 0 Å². The Bertz CT molecular complexity index is 1330. The van der Waals surface area contributed by atoms with Crippen LogP contribution in [0.15, 0.2) is 64.5 Å². The van der Waals surface area contributed by atoms with Gasteiger partial charge in [0.25, 0.3) is 5.56 Å². The highest BCUT2D eigenvalue weighted by atomic mass is 32.2. The van der Waals surface area contributed by atoms with E-state index in [0.717, 1.165) is 22.3 Å². The van der Waals surface area contributed by atoms with Crippen LogP contribution >= 0.6 is 11.8 Å². The number of carbonyl (C=O) groups is 1. The van der Waals surface area contributed by atoms with Gasteiger partial charge in [0.05, 0.1) is 27.4 Å². The van der Waals surface area contributed by atoms with E-state index in [1.54, 1.807) is 10.6 Å². The van der Waals surface area contributed by atoms with Gasteiger partial charge < -0.3 is 5.32 Å². The SMILES string of the molecule is CCC(Sc1nc2ccccc2c(=O)n1CC)C(=O)Nc1cc(C)nc2ccccc12. The monoisotopic (exact) mass is 432 g/mol. The lowest BCUT2D eigenvalue weighted by atomic mass is 10.1. The van der Waals surface area contributed by atoms with Gasteiger partial charge in [0.1, 0.15) is 0 Å². The third kappa shape index (κ3) is 4.18. The van der Waals surface area contributed by atoms with Crippen LogP contribution in [0.1, 0.15) is 26.0 Å². The molecule has 0 aliphatic carbocycles. The molecule has 0 saturated carbocycles. The van der Waals surface area contributed by atoms with Gasteiger partial charge in [-0.2, -0.15) is 0 Å². The summed E-state index contributed by atoms with van der Waals surface area (Å²) in [4.78, 5) is 35.3. The Morgan fingerprint density at radius 1 is 1.03 bits per heavy atom. The van der Waals surface area contributed by atoms with E-state index in [9.17, 15) is 9.59 Å². The van der Waals surface area contributed by atoms with E-state index in [2.05, 4.69) is 15.3 Å². The van der Waals surface area contributed by atoms with Crippen molar-refractivity contribution < 1.29 is 4.79 Å². The summed E-state index contributed by atoms with van der Waals surface area (Å²) in [5.74, 6) is -0.117. The number of benzene rings is 2. The average Bonchev–Trinajstić information content (AvgIpc) is 2.77. The molecule has 2 aromatic carbocycles. The van der Waals surface area contributed by atoms with Crippen LogP contribution in [0, 0.1) is 6.92 Å². The fourth-order valence-electron chi connectivity index (χ4n) is 3.59. The number of nitrogens with one attached hydrogen (secondary N) is 1. The third-order valence-corrected chi connectivity index (χ3v) is 6.51. The van der Waals surface area contributed by atoms with E-state index >= 15 is 0 Å². The summed E-state index contributed by atoms with van der Waals surface area (Å²) in [7, 11) is 0. The zero-order valence-corrected chi connectivity index (χ0v) is 18.6. The third-order valence-electron chi connectivity index (χ3n) is 5.16. The molecule has 4 aromatic rings. The Morgan fingerprint density at radius 2 is 1.68 bits per heavy atom. The molecule has 1 amide bonds. The molecule has 4 rings (SSSR count). The minimum atomic E-state index is -0.391. The summed E-state index contributed by atoms with van der Waals surface area (Å²) in [6.07, 6.45) is 0.602. The van der Waals surface area contributed by atoms with Gasteiger partial charge in [0.2, 0.25) is 5.91 Å². The Hall–Kier alpha value is -3.19. The summed E-state index contributed by atoms with van der Waals surface area (Å²) in [6, 6.07) is 16.9. The molecular weight excluding hydrogens is 408 g/mol. The predicted molar refractivity (Wildman–Crippen MR) is 127 cm³/mol. The first-order chi connectivity index (χ1) is 15.0. The normalized spacial score (nSPS) is 12.2. The average molecular weight is 433 g/mol. The van der Waals surface area contributed by atoms with Crippen molar-refractivity contribution in [2.45, 2.75) is 44.1 Å². The smallest absolute Gasteiger partial charge is 0.262 e. The van der Waals surface area contributed by atoms with Crippen LogP contribution in [0.25, 0.3) is 21.8 Å². The van der Waals surface area contributed by atoms with Gasteiger partial charge in [-0.15, -0.1) is 0 Å². The van der Waals surface area contributed by atoms with Crippen molar-refractivity contribution in [1.29, 1.82) is 0 Å². The number of rotatable bonds is 6. The number of thioether (sulfide) groups is 1. The summed E-state index contributed by atoms with van der Waals surface area (Å²) in [5, 5.41) is 4.73. The number of anilines is 1. The summed E-state index contributed by atoms with van der Waals surface area (Å²) >= 11 is 1.33. The number of hydrogen-bond acceptors (Lipinski definition) is 5. The summed E-state index contributed by atoms with van der Waals surface area (Å²) < 4.78 is 1.63. The van der Waals surface area contributed by atoms with Crippen molar-refractivity contribution in [2.24, 2.45) is 0 Å². The molecule has 6 nitrogen and oxygen atoms in total. The minimum Gasteiger partial charge on any atom is -0.324 e. The van der Waals surface area contributed by atoms with Gasteiger partial charge in [0, 0.05) is 17.6 Å². The molecule has 2 heterocycles. The first-order valence-electron chi connectivity index (χ1n) is 10.3. The van der Waals surface area contributed by atoms with Crippen molar-refractivity contribution in [3.8, 4) is 0 Å². The van der Waals surface area contributed by atoms with E-state index in [1.165, 1.54) is 11.8 Å². The van der Waals surface area contributed by atoms with E-state index in [-0.39, 0.29) is 11.5 Å². The number of aromatic nitrogens is 3. The van der Waals surface area contributed by atoms with Gasteiger partial charge in [-0.3, -0.25) is 19.1 Å². The highest BCUT2D eigenvalue weighted by Crippen LogP contribution is 2.28. The fourth-order valence-corrected chi connectivity index (χ4v) is 4.67. The Kier molecular flexibility index (Phi) is 6.04. The molecule has 0 spiro atoms. The van der Waals surface area contributed by atoms with Crippen molar-refractivity contribution in [3.05, 3.63) is 70.6 Å². The van der Waals surface area contributed by atoms with Gasteiger partial charge in [-0.25, -0.2) is 4.98 Å². The van der Waals surface area contributed by atoms with Crippen LogP contribution in [0.2, 0.25) is 0 Å². The van der Waals surface area contributed by atoms with Crippen LogP contribution in [0.5, 0.6) is 0 Å². The molecule has 7 heteroatoms. The molecule has 1 atom stereocenters. The van der Waals surface area contributed by atoms with E-state index < -0.39 is 5.25 Å². The van der Waals surface area contributed by atoms with Crippen LogP contribution in [-0.4, -0.2) is 25.7 Å². The van der Waals surface area contributed by atoms with Gasteiger partial charge in [0.15, 0.2) is 5.16 Å². The maximum Gasteiger partial charge on any atom is 0.262 e. The second kappa shape index (κ2) is 8.89. The maximum absolute atomic E-state index is 13.2. The molecule has 1 N–H and O–H groups in total. The van der Waals surface area contributed by atoms with Crippen LogP contribution < -0.4 is 10.9 Å². The first-order valence-corrected chi connectivity index (χ1v) is 11.2. The van der Waals surface area contributed by atoms with E-state index in [0.29, 0.717) is 29.0 Å². The second-order valence-electron chi connectivity index (χ2n) is 7.29. The minimum absolute atomic E-state index is 0.0818. The fraction of sp³-hybridized carbons (Fsp3) is 0.250. The summed E-state index contributed by atoms with van der Waals surface area (Å²) in [6.45, 7) is 6.27. The lowest BCUT2D eigenvalue weighted by Crippen LogP contribution is -2.28. The molecule has 2 aromatic heterocycles. The predicted octanol–water partition coefficient (Wildman–Crippen LogP) is 4.78. The Balaban J connectivity index is 1.66.